The van der Waals surface area contributed by atoms with E-state index in [1.165, 1.54) is 0 Å². The third-order valence-corrected chi connectivity index (χ3v) is 3.17. The first kappa shape index (κ1) is 12.4. The van der Waals surface area contributed by atoms with E-state index in [2.05, 4.69) is 20.8 Å². The minimum absolute atomic E-state index is 0.199. The second kappa shape index (κ2) is 6.76. The van der Waals surface area contributed by atoms with E-state index in [4.69, 9.17) is 5.11 Å². The number of aliphatic hydroxyl groups is 1. The Labute approximate surface area is 93.4 Å². The molecule has 0 fully saturated rings. The predicted molar refractivity (Wildman–Crippen MR) is 58.7 cm³/mol. The summed E-state index contributed by atoms with van der Waals surface area (Å²) in [5.41, 5.74) is 0. The standard InChI is InChI=1S/C8H17N5OS/c1-7(5-14)6-15-8-10-11-12-13(8)4-3-9-2/h7,9,14H,3-6H2,1-2H3. The number of hydrogen-bond donors (Lipinski definition) is 2. The van der Waals surface area contributed by atoms with E-state index < -0.39 is 0 Å². The molecule has 0 bridgehead atoms. The highest BCUT2D eigenvalue weighted by Crippen LogP contribution is 2.16. The van der Waals surface area contributed by atoms with Crippen LogP contribution in [0.15, 0.2) is 5.16 Å². The summed E-state index contributed by atoms with van der Waals surface area (Å²) in [6.07, 6.45) is 0. The van der Waals surface area contributed by atoms with Crippen molar-refractivity contribution in [1.82, 2.24) is 25.5 Å². The first-order chi connectivity index (χ1) is 7.27. The molecule has 0 spiro atoms. The molecular formula is C8H17N5OS. The molecule has 15 heavy (non-hydrogen) atoms. The lowest BCUT2D eigenvalue weighted by molar-refractivity contribution is 0.250. The number of tetrazole rings is 1. The molecule has 1 unspecified atom stereocenters. The lowest BCUT2D eigenvalue weighted by Gasteiger charge is -2.06. The van der Waals surface area contributed by atoms with Crippen LogP contribution in [0.25, 0.3) is 0 Å². The minimum atomic E-state index is 0.199. The van der Waals surface area contributed by atoms with Gasteiger partial charge in [-0.1, -0.05) is 18.7 Å². The molecule has 0 aliphatic rings. The van der Waals surface area contributed by atoms with Gasteiger partial charge in [-0.2, -0.15) is 0 Å². The maximum absolute atomic E-state index is 8.89. The Morgan fingerprint density at radius 2 is 2.40 bits per heavy atom. The molecule has 1 atom stereocenters. The molecule has 1 aromatic rings. The molecule has 6 nitrogen and oxygen atoms in total. The highest BCUT2D eigenvalue weighted by atomic mass is 32.2. The van der Waals surface area contributed by atoms with Crippen molar-refractivity contribution < 1.29 is 5.11 Å². The topological polar surface area (TPSA) is 75.9 Å². The highest BCUT2D eigenvalue weighted by molar-refractivity contribution is 7.99. The van der Waals surface area contributed by atoms with Crippen LogP contribution in [-0.4, -0.2) is 51.3 Å². The van der Waals surface area contributed by atoms with E-state index in [0.29, 0.717) is 0 Å². The van der Waals surface area contributed by atoms with Crippen molar-refractivity contribution in [3.8, 4) is 0 Å². The zero-order chi connectivity index (χ0) is 11.1. The summed E-state index contributed by atoms with van der Waals surface area (Å²) < 4.78 is 1.77. The number of nitrogens with zero attached hydrogens (tertiary/aromatic N) is 4. The average Bonchev–Trinajstić information content (AvgIpc) is 2.70. The smallest absolute Gasteiger partial charge is 0.209 e. The second-order valence-corrected chi connectivity index (χ2v) is 4.37. The Balaban J connectivity index is 2.42. The maximum Gasteiger partial charge on any atom is 0.209 e. The monoisotopic (exact) mass is 231 g/mol. The number of nitrogens with one attached hydrogen (secondary N) is 1. The Kier molecular flexibility index (Phi) is 5.59. The Bertz CT molecular complexity index is 280. The second-order valence-electron chi connectivity index (χ2n) is 3.39. The van der Waals surface area contributed by atoms with E-state index in [-0.39, 0.29) is 12.5 Å². The summed E-state index contributed by atoms with van der Waals surface area (Å²) in [6, 6.07) is 0. The van der Waals surface area contributed by atoms with Crippen LogP contribution in [0.1, 0.15) is 6.92 Å². The van der Waals surface area contributed by atoms with Gasteiger partial charge in [0.25, 0.3) is 0 Å². The number of aliphatic hydroxyl groups excluding tert-OH is 1. The third kappa shape index (κ3) is 4.15. The van der Waals surface area contributed by atoms with Gasteiger partial charge in [0.1, 0.15) is 0 Å². The molecule has 0 saturated heterocycles. The lowest BCUT2D eigenvalue weighted by atomic mass is 10.2. The molecule has 1 heterocycles. The molecule has 0 amide bonds. The molecule has 2 N–H and O–H groups in total. The molecule has 0 aliphatic carbocycles. The first-order valence-electron chi connectivity index (χ1n) is 4.92. The zero-order valence-electron chi connectivity index (χ0n) is 9.05. The van der Waals surface area contributed by atoms with Gasteiger partial charge >= 0.3 is 0 Å². The summed E-state index contributed by atoms with van der Waals surface area (Å²) >= 11 is 1.58. The molecule has 0 aliphatic heterocycles. The van der Waals surface area contributed by atoms with Crippen molar-refractivity contribution in [2.24, 2.45) is 5.92 Å². The quantitative estimate of drug-likeness (QED) is 0.623. The van der Waals surface area contributed by atoms with Crippen LogP contribution < -0.4 is 5.32 Å². The molecule has 1 aromatic heterocycles. The van der Waals surface area contributed by atoms with Crippen molar-refractivity contribution >= 4 is 11.8 Å². The van der Waals surface area contributed by atoms with Crippen molar-refractivity contribution in [3.63, 3.8) is 0 Å². The molecule has 7 heteroatoms. The Hall–Kier alpha value is -0.660. The lowest BCUT2D eigenvalue weighted by Crippen LogP contribution is -2.16. The van der Waals surface area contributed by atoms with Gasteiger partial charge in [0.05, 0.1) is 6.54 Å². The number of likely N-dealkylation sites (N-methyl/N-ethyl adjacent to an activating group) is 1. The highest BCUT2D eigenvalue weighted by Gasteiger charge is 2.08. The van der Waals surface area contributed by atoms with Gasteiger partial charge in [-0.25, -0.2) is 4.68 Å². The van der Waals surface area contributed by atoms with Crippen molar-refractivity contribution in [2.45, 2.75) is 18.6 Å². The summed E-state index contributed by atoms with van der Waals surface area (Å²) in [7, 11) is 1.89. The van der Waals surface area contributed by atoms with Gasteiger partial charge < -0.3 is 10.4 Å². The van der Waals surface area contributed by atoms with E-state index in [9.17, 15) is 0 Å². The fourth-order valence-corrected chi connectivity index (χ4v) is 1.84. The zero-order valence-corrected chi connectivity index (χ0v) is 9.87. The Morgan fingerprint density at radius 3 is 3.07 bits per heavy atom. The fraction of sp³-hybridized carbons (Fsp3) is 0.875. The van der Waals surface area contributed by atoms with E-state index in [0.717, 1.165) is 24.0 Å². The number of aromatic nitrogens is 4. The van der Waals surface area contributed by atoms with Crippen molar-refractivity contribution in [1.29, 1.82) is 0 Å². The number of thioether (sulfide) groups is 1. The van der Waals surface area contributed by atoms with Crippen LogP contribution in [0.3, 0.4) is 0 Å². The van der Waals surface area contributed by atoms with E-state index in [1.807, 2.05) is 14.0 Å². The van der Waals surface area contributed by atoms with Gasteiger partial charge in [-0.15, -0.1) is 5.10 Å². The van der Waals surface area contributed by atoms with Gasteiger partial charge in [0.15, 0.2) is 0 Å². The Morgan fingerprint density at radius 1 is 1.60 bits per heavy atom. The summed E-state index contributed by atoms with van der Waals surface area (Å²) in [5, 5.41) is 24.2. The summed E-state index contributed by atoms with van der Waals surface area (Å²) in [6.45, 7) is 3.80. The van der Waals surface area contributed by atoms with Crippen LogP contribution in [0, 0.1) is 5.92 Å². The van der Waals surface area contributed by atoms with Crippen LogP contribution >= 0.6 is 11.8 Å². The minimum Gasteiger partial charge on any atom is -0.396 e. The summed E-state index contributed by atoms with van der Waals surface area (Å²) in [5.74, 6) is 1.10. The predicted octanol–water partition coefficient (Wildman–Crippen LogP) is -0.387. The number of hydrogen-bond acceptors (Lipinski definition) is 6. The van der Waals surface area contributed by atoms with Crippen molar-refractivity contribution in [3.05, 3.63) is 0 Å². The molecule has 1 rings (SSSR count). The van der Waals surface area contributed by atoms with Crippen LogP contribution in [0.5, 0.6) is 0 Å². The van der Waals surface area contributed by atoms with E-state index in [1.54, 1.807) is 16.4 Å². The fourth-order valence-electron chi connectivity index (χ4n) is 0.927. The van der Waals surface area contributed by atoms with Gasteiger partial charge in [0.2, 0.25) is 5.16 Å². The van der Waals surface area contributed by atoms with Crippen LogP contribution in [0.4, 0.5) is 0 Å². The first-order valence-corrected chi connectivity index (χ1v) is 5.91. The van der Waals surface area contributed by atoms with Crippen molar-refractivity contribution in [2.75, 3.05) is 26.0 Å². The number of rotatable bonds is 7. The van der Waals surface area contributed by atoms with E-state index >= 15 is 0 Å². The SMILES string of the molecule is CNCCn1nnnc1SCC(C)CO. The largest absolute Gasteiger partial charge is 0.396 e. The van der Waals surface area contributed by atoms with Gasteiger partial charge in [-0.05, 0) is 23.4 Å². The molecule has 0 saturated carbocycles. The summed E-state index contributed by atoms with van der Waals surface area (Å²) in [4.78, 5) is 0. The average molecular weight is 231 g/mol. The molecule has 0 radical (unpaired) electrons. The molecular weight excluding hydrogens is 214 g/mol. The van der Waals surface area contributed by atoms with Crippen LogP contribution in [0.2, 0.25) is 0 Å². The van der Waals surface area contributed by atoms with Crippen LogP contribution in [-0.2, 0) is 6.54 Å². The molecule has 86 valence electrons. The maximum atomic E-state index is 8.89. The third-order valence-electron chi connectivity index (χ3n) is 1.88. The van der Waals surface area contributed by atoms with Gasteiger partial charge in [-0.3, -0.25) is 0 Å². The van der Waals surface area contributed by atoms with Gasteiger partial charge in [0, 0.05) is 18.9 Å². The molecule has 0 aromatic carbocycles. The normalized spacial score (nSPS) is 13.0.